The van der Waals surface area contributed by atoms with Crippen molar-refractivity contribution in [2.45, 2.75) is 40.0 Å². The van der Waals surface area contributed by atoms with Crippen LogP contribution >= 0.6 is 0 Å². The van der Waals surface area contributed by atoms with Gasteiger partial charge in [-0.25, -0.2) is 8.78 Å². The molecule has 0 spiro atoms. The summed E-state index contributed by atoms with van der Waals surface area (Å²) >= 11 is 0. The molecule has 3 heteroatoms. The van der Waals surface area contributed by atoms with Crippen molar-refractivity contribution in [1.29, 1.82) is 0 Å². The smallest absolute Gasteiger partial charge is 0.161 e. The standard InChI is InChI=1S/C23H27F2N/c1-7-9-12-26-19(6)16(3)10-11-20(8-2)13-17(4)21-14-18(5)23(25)22(24)15-21/h7-12,14-15,17H,2,6,13H2,1,3-5H3/b9-7-,16-10+,20-11+,26-12?. The quantitative estimate of drug-likeness (QED) is 0.352. The lowest BCUT2D eigenvalue weighted by Gasteiger charge is -2.14. The summed E-state index contributed by atoms with van der Waals surface area (Å²) < 4.78 is 27.1. The Morgan fingerprint density at radius 3 is 2.54 bits per heavy atom. The number of aryl methyl sites for hydroxylation is 1. The predicted octanol–water partition coefficient (Wildman–Crippen LogP) is 6.99. The van der Waals surface area contributed by atoms with Crippen LogP contribution in [0.4, 0.5) is 8.78 Å². The average molecular weight is 355 g/mol. The highest BCUT2D eigenvalue weighted by Crippen LogP contribution is 2.27. The first-order chi connectivity index (χ1) is 12.3. The number of allylic oxidation sites excluding steroid dienone is 7. The minimum absolute atomic E-state index is 0.0395. The summed E-state index contributed by atoms with van der Waals surface area (Å²) in [5.74, 6) is -1.55. The van der Waals surface area contributed by atoms with E-state index in [1.807, 2.05) is 45.1 Å². The second-order valence-electron chi connectivity index (χ2n) is 6.28. The Morgan fingerprint density at radius 2 is 1.96 bits per heavy atom. The molecular weight excluding hydrogens is 328 g/mol. The Bertz CT molecular complexity index is 756. The zero-order chi connectivity index (χ0) is 19.7. The molecule has 138 valence electrons. The van der Waals surface area contributed by atoms with Crippen molar-refractivity contribution in [3.8, 4) is 0 Å². The molecule has 0 aliphatic rings. The van der Waals surface area contributed by atoms with Crippen LogP contribution in [0.1, 0.15) is 44.2 Å². The van der Waals surface area contributed by atoms with Crippen LogP contribution in [0, 0.1) is 18.6 Å². The maximum atomic E-state index is 13.6. The van der Waals surface area contributed by atoms with Crippen molar-refractivity contribution in [1.82, 2.24) is 0 Å². The summed E-state index contributed by atoms with van der Waals surface area (Å²) in [6, 6.07) is 2.97. The molecule has 0 bridgehead atoms. The summed E-state index contributed by atoms with van der Waals surface area (Å²) in [6.07, 6.45) is 11.8. The lowest BCUT2D eigenvalue weighted by molar-refractivity contribution is 0.500. The van der Waals surface area contributed by atoms with Crippen molar-refractivity contribution in [3.05, 3.63) is 95.3 Å². The van der Waals surface area contributed by atoms with Crippen LogP contribution in [0.25, 0.3) is 0 Å². The number of rotatable bonds is 8. The first-order valence-electron chi connectivity index (χ1n) is 8.60. The van der Waals surface area contributed by atoms with Crippen LogP contribution < -0.4 is 0 Å². The van der Waals surface area contributed by atoms with Gasteiger partial charge < -0.3 is 0 Å². The highest BCUT2D eigenvalue weighted by Gasteiger charge is 2.13. The topological polar surface area (TPSA) is 12.4 Å². The normalized spacial score (nSPS) is 14.2. The van der Waals surface area contributed by atoms with Crippen molar-refractivity contribution in [2.24, 2.45) is 4.99 Å². The largest absolute Gasteiger partial charge is 0.257 e. The van der Waals surface area contributed by atoms with E-state index < -0.39 is 11.6 Å². The van der Waals surface area contributed by atoms with E-state index in [2.05, 4.69) is 18.2 Å². The van der Waals surface area contributed by atoms with Gasteiger partial charge in [-0.05, 0) is 67.5 Å². The number of nitrogens with zero attached hydrogens (tertiary/aromatic N) is 1. The maximum absolute atomic E-state index is 13.6. The highest BCUT2D eigenvalue weighted by molar-refractivity contribution is 5.72. The van der Waals surface area contributed by atoms with E-state index in [0.717, 1.165) is 16.7 Å². The Balaban J connectivity index is 2.91. The fourth-order valence-electron chi connectivity index (χ4n) is 2.38. The summed E-state index contributed by atoms with van der Waals surface area (Å²) in [7, 11) is 0. The molecule has 0 saturated heterocycles. The molecule has 0 N–H and O–H groups in total. The Kier molecular flexibility index (Phi) is 8.63. The summed E-state index contributed by atoms with van der Waals surface area (Å²) in [5, 5.41) is 0. The van der Waals surface area contributed by atoms with Crippen molar-refractivity contribution in [3.63, 3.8) is 0 Å². The van der Waals surface area contributed by atoms with Gasteiger partial charge >= 0.3 is 0 Å². The molecule has 1 nitrogen and oxygen atoms in total. The fourth-order valence-corrected chi connectivity index (χ4v) is 2.38. The Labute approximate surface area is 155 Å². The molecule has 1 unspecified atom stereocenters. The molecule has 0 aliphatic heterocycles. The number of hydrogen-bond donors (Lipinski definition) is 0. The lowest BCUT2D eigenvalue weighted by Crippen LogP contribution is -1.99. The van der Waals surface area contributed by atoms with Gasteiger partial charge in [0, 0.05) is 6.21 Å². The van der Waals surface area contributed by atoms with Gasteiger partial charge in [0.25, 0.3) is 0 Å². The number of halogens is 2. The first-order valence-corrected chi connectivity index (χ1v) is 8.60. The molecule has 0 amide bonds. The minimum atomic E-state index is -0.804. The molecule has 0 fully saturated rings. The minimum Gasteiger partial charge on any atom is -0.257 e. The molecule has 0 heterocycles. The summed E-state index contributed by atoms with van der Waals surface area (Å²) in [4.78, 5) is 4.25. The van der Waals surface area contributed by atoms with Gasteiger partial charge in [-0.2, -0.15) is 0 Å². The monoisotopic (exact) mass is 355 g/mol. The first kappa shape index (κ1) is 21.5. The maximum Gasteiger partial charge on any atom is 0.161 e. The highest BCUT2D eigenvalue weighted by atomic mass is 19.2. The molecule has 0 saturated carbocycles. The Morgan fingerprint density at radius 1 is 1.27 bits per heavy atom. The van der Waals surface area contributed by atoms with Gasteiger partial charge in [0.05, 0.1) is 5.70 Å². The van der Waals surface area contributed by atoms with E-state index in [1.165, 1.54) is 6.07 Å². The van der Waals surface area contributed by atoms with Gasteiger partial charge in [-0.15, -0.1) is 0 Å². The van der Waals surface area contributed by atoms with Gasteiger partial charge in [0.15, 0.2) is 11.6 Å². The van der Waals surface area contributed by atoms with E-state index in [1.54, 1.807) is 25.3 Å². The summed E-state index contributed by atoms with van der Waals surface area (Å²) in [6.45, 7) is 15.2. The van der Waals surface area contributed by atoms with Crippen LogP contribution in [0.15, 0.2) is 77.5 Å². The van der Waals surface area contributed by atoms with Crippen molar-refractivity contribution < 1.29 is 8.78 Å². The number of benzene rings is 1. The van der Waals surface area contributed by atoms with Gasteiger partial charge in [-0.3, -0.25) is 4.99 Å². The zero-order valence-electron chi connectivity index (χ0n) is 16.0. The lowest BCUT2D eigenvalue weighted by atomic mass is 9.92. The molecule has 1 aromatic rings. The van der Waals surface area contributed by atoms with Crippen LogP contribution in [0.2, 0.25) is 0 Å². The van der Waals surface area contributed by atoms with Crippen LogP contribution in [0.5, 0.6) is 0 Å². The average Bonchev–Trinajstić information content (AvgIpc) is 2.62. The van der Waals surface area contributed by atoms with Gasteiger partial charge in [0.1, 0.15) is 0 Å². The van der Waals surface area contributed by atoms with Gasteiger partial charge in [-0.1, -0.05) is 50.5 Å². The molecule has 0 aliphatic carbocycles. The third-order valence-corrected chi connectivity index (χ3v) is 4.12. The van der Waals surface area contributed by atoms with E-state index in [4.69, 9.17) is 0 Å². The third kappa shape index (κ3) is 6.40. The van der Waals surface area contributed by atoms with Crippen LogP contribution in [-0.4, -0.2) is 6.21 Å². The molecule has 1 rings (SSSR count). The van der Waals surface area contributed by atoms with Crippen LogP contribution in [0.3, 0.4) is 0 Å². The fraction of sp³-hybridized carbons (Fsp3) is 0.261. The summed E-state index contributed by atoms with van der Waals surface area (Å²) in [5.41, 5.74) is 3.73. The van der Waals surface area contributed by atoms with Crippen molar-refractivity contribution in [2.75, 3.05) is 0 Å². The number of aliphatic imine (C=N–C) groups is 1. The van der Waals surface area contributed by atoms with E-state index >= 15 is 0 Å². The molecule has 1 aromatic carbocycles. The molecule has 1 atom stereocenters. The molecule has 0 radical (unpaired) electrons. The predicted molar refractivity (Wildman–Crippen MR) is 109 cm³/mol. The van der Waals surface area contributed by atoms with E-state index in [9.17, 15) is 8.78 Å². The number of hydrogen-bond acceptors (Lipinski definition) is 1. The third-order valence-electron chi connectivity index (χ3n) is 4.12. The SMILES string of the molecule is C=C/C(=C\C=C(/C)C(=C)N=C/C=C\C)CC(C)c1cc(C)c(F)c(F)c1. The zero-order valence-corrected chi connectivity index (χ0v) is 16.0. The molecular formula is C23H27F2N. The van der Waals surface area contributed by atoms with Crippen LogP contribution in [-0.2, 0) is 0 Å². The van der Waals surface area contributed by atoms with E-state index in [0.29, 0.717) is 17.7 Å². The second-order valence-corrected chi connectivity index (χ2v) is 6.28. The van der Waals surface area contributed by atoms with Gasteiger partial charge in [0.2, 0.25) is 0 Å². The van der Waals surface area contributed by atoms with Crippen molar-refractivity contribution >= 4 is 6.21 Å². The Hall–Kier alpha value is -2.55. The molecule has 0 aromatic heterocycles. The molecule has 26 heavy (non-hydrogen) atoms. The second kappa shape index (κ2) is 10.4. The van der Waals surface area contributed by atoms with E-state index in [-0.39, 0.29) is 5.92 Å².